The van der Waals surface area contributed by atoms with E-state index in [0.717, 1.165) is 16.7 Å². The van der Waals surface area contributed by atoms with Crippen molar-refractivity contribution in [3.05, 3.63) is 24.3 Å². The number of benzene rings is 1. The molecule has 0 amide bonds. The Hall–Kier alpha value is -1.64. The van der Waals surface area contributed by atoms with Crippen LogP contribution < -0.4 is 9.47 Å². The summed E-state index contributed by atoms with van der Waals surface area (Å²) in [4.78, 5) is 3.08. The molecule has 0 saturated heterocycles. The lowest BCUT2D eigenvalue weighted by Crippen LogP contribution is -2.05. The number of nitrogens with one attached hydrogen (secondary N) is 1. The molecule has 1 aliphatic heterocycles. The van der Waals surface area contributed by atoms with Gasteiger partial charge < -0.3 is 14.5 Å². The van der Waals surface area contributed by atoms with Crippen LogP contribution in [-0.2, 0) is 0 Å². The molecular formula is C9H6NO2. The first-order chi connectivity index (χ1) is 5.93. The van der Waals surface area contributed by atoms with Crippen molar-refractivity contribution in [1.29, 1.82) is 0 Å². The van der Waals surface area contributed by atoms with E-state index in [1.165, 1.54) is 0 Å². The van der Waals surface area contributed by atoms with Gasteiger partial charge in [-0.2, -0.15) is 0 Å². The van der Waals surface area contributed by atoms with Crippen molar-refractivity contribution in [1.82, 2.24) is 4.98 Å². The topological polar surface area (TPSA) is 34.2 Å². The van der Waals surface area contributed by atoms with E-state index in [-0.39, 0.29) is 6.79 Å². The van der Waals surface area contributed by atoms with Crippen LogP contribution in [-0.4, -0.2) is 11.8 Å². The lowest BCUT2D eigenvalue weighted by molar-refractivity contribution is 0.119. The smallest absolute Gasteiger partial charge is 0.232 e. The predicted molar refractivity (Wildman–Crippen MR) is 43.3 cm³/mol. The summed E-state index contributed by atoms with van der Waals surface area (Å²) in [5.41, 5.74) is 1.00. The summed E-state index contributed by atoms with van der Waals surface area (Å²) < 4.78 is 10.5. The van der Waals surface area contributed by atoms with Crippen molar-refractivity contribution in [3.8, 4) is 11.6 Å². The molecule has 3 nitrogen and oxygen atoms in total. The molecule has 1 aromatic heterocycles. The fourth-order valence-electron chi connectivity index (χ4n) is 1.38. The molecule has 59 valence electrons. The molecule has 12 heavy (non-hydrogen) atoms. The van der Waals surface area contributed by atoms with Crippen LogP contribution in [0, 0.1) is 6.07 Å². The highest BCUT2D eigenvalue weighted by molar-refractivity contribution is 5.87. The Bertz CT molecular complexity index is 433. The van der Waals surface area contributed by atoms with E-state index in [1.54, 1.807) is 0 Å². The summed E-state index contributed by atoms with van der Waals surface area (Å²) >= 11 is 0. The third kappa shape index (κ3) is 0.652. The Balaban J connectivity index is 2.47. The van der Waals surface area contributed by atoms with Crippen LogP contribution in [0.2, 0.25) is 0 Å². The number of hydrogen-bond donors (Lipinski definition) is 1. The number of aromatic nitrogens is 1. The van der Waals surface area contributed by atoms with Crippen LogP contribution in [0.15, 0.2) is 18.2 Å². The lowest BCUT2D eigenvalue weighted by atomic mass is 10.2. The van der Waals surface area contributed by atoms with Gasteiger partial charge in [-0.3, -0.25) is 0 Å². The molecule has 3 heteroatoms. The molecule has 0 spiro atoms. The van der Waals surface area contributed by atoms with E-state index in [2.05, 4.69) is 11.1 Å². The average Bonchev–Trinajstić information content (AvgIpc) is 2.37. The monoisotopic (exact) mass is 160 g/mol. The van der Waals surface area contributed by atoms with Crippen molar-refractivity contribution in [2.75, 3.05) is 6.79 Å². The number of aromatic amines is 1. The molecule has 2 bridgehead atoms. The zero-order valence-electron chi connectivity index (χ0n) is 6.26. The molecule has 0 unspecified atom stereocenters. The van der Waals surface area contributed by atoms with E-state index in [1.807, 2.05) is 18.2 Å². The number of rotatable bonds is 0. The molecule has 1 N–H and O–H groups in total. The Labute approximate surface area is 68.9 Å². The highest BCUT2D eigenvalue weighted by atomic mass is 16.7. The second kappa shape index (κ2) is 1.94. The Morgan fingerprint density at radius 2 is 2.33 bits per heavy atom. The average molecular weight is 160 g/mol. The summed E-state index contributed by atoms with van der Waals surface area (Å²) in [5, 5.41) is 0.963. The fourth-order valence-corrected chi connectivity index (χ4v) is 1.38. The molecule has 0 atom stereocenters. The minimum Gasteiger partial charge on any atom is -0.457 e. The van der Waals surface area contributed by atoms with Gasteiger partial charge >= 0.3 is 0 Å². The second-order valence-corrected chi connectivity index (χ2v) is 2.66. The molecular weight excluding hydrogens is 154 g/mol. The van der Waals surface area contributed by atoms with Crippen molar-refractivity contribution in [3.63, 3.8) is 0 Å². The first-order valence-corrected chi connectivity index (χ1v) is 3.73. The summed E-state index contributed by atoms with van der Waals surface area (Å²) in [6.07, 6.45) is 0. The van der Waals surface area contributed by atoms with E-state index < -0.39 is 0 Å². The molecule has 1 aliphatic rings. The largest absolute Gasteiger partial charge is 0.457 e. The van der Waals surface area contributed by atoms with Crippen LogP contribution in [0.1, 0.15) is 0 Å². The molecule has 3 rings (SSSR count). The molecule has 1 radical (unpaired) electrons. The van der Waals surface area contributed by atoms with Gasteiger partial charge in [0.2, 0.25) is 12.7 Å². The standard InChI is InChI=1S/C9H6NO2/c1-2-7-6-4-9(10-7)12-5-11-8(6)3-1/h1-3,10H,5H2. The van der Waals surface area contributed by atoms with Crippen LogP contribution in [0.3, 0.4) is 0 Å². The Morgan fingerprint density at radius 1 is 1.33 bits per heavy atom. The maximum atomic E-state index is 5.31. The Kier molecular flexibility index (Phi) is 0.961. The first kappa shape index (κ1) is 5.94. The Morgan fingerprint density at radius 3 is 3.33 bits per heavy atom. The van der Waals surface area contributed by atoms with Crippen molar-refractivity contribution in [2.24, 2.45) is 0 Å². The van der Waals surface area contributed by atoms with E-state index >= 15 is 0 Å². The van der Waals surface area contributed by atoms with Gasteiger partial charge in [0.15, 0.2) is 0 Å². The van der Waals surface area contributed by atoms with Crippen molar-refractivity contribution in [2.45, 2.75) is 0 Å². The highest BCUT2D eigenvalue weighted by Crippen LogP contribution is 2.30. The van der Waals surface area contributed by atoms with Gasteiger partial charge in [-0.1, -0.05) is 6.07 Å². The number of fused-ring (bicyclic) bond motifs is 1. The quantitative estimate of drug-likeness (QED) is 0.636. The van der Waals surface area contributed by atoms with Gasteiger partial charge in [0.1, 0.15) is 5.75 Å². The molecule has 2 heterocycles. The van der Waals surface area contributed by atoms with Gasteiger partial charge in [-0.25, -0.2) is 0 Å². The third-order valence-corrected chi connectivity index (χ3v) is 1.93. The molecule has 0 aliphatic carbocycles. The molecule has 0 saturated carbocycles. The predicted octanol–water partition coefficient (Wildman–Crippen LogP) is 1.70. The van der Waals surface area contributed by atoms with E-state index in [4.69, 9.17) is 9.47 Å². The van der Waals surface area contributed by atoms with Crippen molar-refractivity contribution < 1.29 is 9.47 Å². The summed E-state index contributed by atoms with van der Waals surface area (Å²) in [6.45, 7) is 0.256. The third-order valence-electron chi connectivity index (χ3n) is 1.93. The number of hydrogen-bond acceptors (Lipinski definition) is 2. The van der Waals surface area contributed by atoms with Crippen LogP contribution >= 0.6 is 0 Å². The first-order valence-electron chi connectivity index (χ1n) is 3.73. The van der Waals surface area contributed by atoms with E-state index in [9.17, 15) is 0 Å². The molecule has 1 aromatic carbocycles. The van der Waals surface area contributed by atoms with Crippen LogP contribution in [0.5, 0.6) is 11.6 Å². The van der Waals surface area contributed by atoms with Gasteiger partial charge in [-0.15, -0.1) is 0 Å². The van der Waals surface area contributed by atoms with Gasteiger partial charge in [0, 0.05) is 0 Å². The summed E-state index contributed by atoms with van der Waals surface area (Å²) in [7, 11) is 0. The highest BCUT2D eigenvalue weighted by Gasteiger charge is 2.11. The van der Waals surface area contributed by atoms with Gasteiger partial charge in [0.05, 0.1) is 17.0 Å². The number of H-pyrrole nitrogens is 1. The van der Waals surface area contributed by atoms with Gasteiger partial charge in [-0.05, 0) is 12.1 Å². The zero-order chi connectivity index (χ0) is 7.97. The van der Waals surface area contributed by atoms with Crippen LogP contribution in [0.25, 0.3) is 10.9 Å². The maximum absolute atomic E-state index is 5.31. The van der Waals surface area contributed by atoms with Gasteiger partial charge in [0.25, 0.3) is 0 Å². The van der Waals surface area contributed by atoms with E-state index in [0.29, 0.717) is 5.88 Å². The summed E-state index contributed by atoms with van der Waals surface area (Å²) in [5.74, 6) is 1.47. The fraction of sp³-hybridized carbons (Fsp3) is 0.111. The maximum Gasteiger partial charge on any atom is 0.232 e. The SMILES string of the molecule is [c]1c2[nH]c3cccc(c13)OCO2. The minimum absolute atomic E-state index is 0.256. The van der Waals surface area contributed by atoms with Crippen molar-refractivity contribution >= 4 is 10.9 Å². The van der Waals surface area contributed by atoms with Crippen LogP contribution in [0.4, 0.5) is 0 Å². The molecule has 0 fully saturated rings. The normalized spacial score (nSPS) is 14.0. The lowest BCUT2D eigenvalue weighted by Gasteiger charge is -2.06. The second-order valence-electron chi connectivity index (χ2n) is 2.66. The molecule has 2 aromatic rings. The number of ether oxygens (including phenoxy) is 2. The minimum atomic E-state index is 0.256. The zero-order valence-corrected chi connectivity index (χ0v) is 6.26. The summed E-state index contributed by atoms with van der Waals surface area (Å²) in [6, 6.07) is 8.89.